The van der Waals surface area contributed by atoms with Crippen LogP contribution in [-0.4, -0.2) is 27.6 Å². The third kappa shape index (κ3) is 5.33. The van der Waals surface area contributed by atoms with Gasteiger partial charge in [-0.3, -0.25) is 4.90 Å². The van der Waals surface area contributed by atoms with Crippen molar-refractivity contribution in [2.24, 2.45) is 0 Å². The van der Waals surface area contributed by atoms with E-state index in [2.05, 4.69) is 53.8 Å². The van der Waals surface area contributed by atoms with Crippen molar-refractivity contribution in [3.05, 3.63) is 113 Å². The number of nitrogens with one attached hydrogen (secondary N) is 1. The van der Waals surface area contributed by atoms with Gasteiger partial charge in [-0.05, 0) is 49.8 Å². The van der Waals surface area contributed by atoms with Gasteiger partial charge in [-0.1, -0.05) is 96.5 Å². The molecule has 4 aromatic rings. The van der Waals surface area contributed by atoms with Gasteiger partial charge in [0, 0.05) is 17.8 Å². The highest BCUT2D eigenvalue weighted by Crippen LogP contribution is 2.37. The van der Waals surface area contributed by atoms with E-state index in [1.807, 2.05) is 56.3 Å². The van der Waals surface area contributed by atoms with E-state index < -0.39 is 0 Å². The van der Waals surface area contributed by atoms with Crippen molar-refractivity contribution < 1.29 is 9.32 Å². The van der Waals surface area contributed by atoms with Crippen molar-refractivity contribution >= 4 is 11.6 Å². The summed E-state index contributed by atoms with van der Waals surface area (Å²) in [5, 5.41) is 7.48. The molecule has 6 heteroatoms. The maximum absolute atomic E-state index is 13.3. The Morgan fingerprint density at radius 2 is 1.65 bits per heavy atom. The van der Waals surface area contributed by atoms with Crippen LogP contribution in [0.1, 0.15) is 54.5 Å². The van der Waals surface area contributed by atoms with Crippen molar-refractivity contribution in [1.82, 2.24) is 20.4 Å². The van der Waals surface area contributed by atoms with Crippen LogP contribution in [0, 0.1) is 6.92 Å². The molecule has 1 atom stereocenters. The van der Waals surface area contributed by atoms with Gasteiger partial charge >= 0.3 is 6.03 Å². The van der Waals surface area contributed by atoms with Crippen LogP contribution in [0.3, 0.4) is 0 Å². The Morgan fingerprint density at radius 3 is 2.35 bits per heavy atom. The molecule has 1 aromatic heterocycles. The normalized spacial score (nSPS) is 15.7. The number of rotatable bonds is 8. The summed E-state index contributed by atoms with van der Waals surface area (Å²) in [5.74, 6) is 0.957. The first-order chi connectivity index (χ1) is 18.0. The number of benzene rings is 3. The van der Waals surface area contributed by atoms with Crippen LogP contribution in [0.2, 0.25) is 0 Å². The van der Waals surface area contributed by atoms with Gasteiger partial charge in [-0.25, -0.2) is 4.79 Å². The molecule has 37 heavy (non-hydrogen) atoms. The molecule has 0 saturated heterocycles. The summed E-state index contributed by atoms with van der Waals surface area (Å²) in [6.45, 7) is 6.74. The average molecular weight is 493 g/mol. The molecular formula is C31H32N4O2. The molecule has 6 nitrogen and oxygen atoms in total. The first-order valence-electron chi connectivity index (χ1n) is 12.9. The zero-order valence-corrected chi connectivity index (χ0v) is 21.6. The number of aryl methyl sites for hydroxylation is 3. The van der Waals surface area contributed by atoms with E-state index >= 15 is 0 Å². The summed E-state index contributed by atoms with van der Waals surface area (Å²) >= 11 is 0. The maximum Gasteiger partial charge on any atom is 0.322 e. The van der Waals surface area contributed by atoms with E-state index in [4.69, 9.17) is 9.51 Å². The van der Waals surface area contributed by atoms with Crippen molar-refractivity contribution in [2.75, 3.05) is 6.54 Å². The highest BCUT2D eigenvalue weighted by Gasteiger charge is 2.35. The second-order valence-corrected chi connectivity index (χ2v) is 9.51. The molecule has 5 rings (SSSR count). The topological polar surface area (TPSA) is 71.3 Å². The number of nitrogens with zero attached hydrogens (tertiary/aromatic N) is 3. The Labute approximate surface area is 218 Å². The predicted molar refractivity (Wildman–Crippen MR) is 146 cm³/mol. The van der Waals surface area contributed by atoms with Gasteiger partial charge < -0.3 is 9.84 Å². The molecule has 1 aliphatic heterocycles. The Kier molecular flexibility index (Phi) is 7.17. The largest absolute Gasteiger partial charge is 0.334 e. The summed E-state index contributed by atoms with van der Waals surface area (Å²) in [4.78, 5) is 19.8. The zero-order chi connectivity index (χ0) is 25.8. The van der Waals surface area contributed by atoms with Crippen LogP contribution in [0.4, 0.5) is 4.79 Å². The Morgan fingerprint density at radius 1 is 0.919 bits per heavy atom. The first kappa shape index (κ1) is 24.5. The molecule has 1 N–H and O–H groups in total. The summed E-state index contributed by atoms with van der Waals surface area (Å²) in [6, 6.07) is 26.2. The number of hydrogen-bond acceptors (Lipinski definition) is 4. The van der Waals surface area contributed by atoms with E-state index in [1.54, 1.807) is 4.90 Å². The zero-order valence-electron chi connectivity index (χ0n) is 21.6. The molecule has 0 spiro atoms. The lowest BCUT2D eigenvalue weighted by Gasteiger charge is -2.35. The lowest BCUT2D eigenvalue weighted by atomic mass is 9.94. The van der Waals surface area contributed by atoms with Crippen LogP contribution in [-0.2, 0) is 12.8 Å². The average Bonchev–Trinajstić information content (AvgIpc) is 3.41. The molecule has 2 heterocycles. The Hall–Kier alpha value is -4.19. The summed E-state index contributed by atoms with van der Waals surface area (Å²) in [6.07, 6.45) is 2.71. The molecule has 188 valence electrons. The third-order valence-electron chi connectivity index (χ3n) is 6.97. The molecular weight excluding hydrogens is 460 g/mol. The van der Waals surface area contributed by atoms with Gasteiger partial charge in [0.1, 0.15) is 0 Å². The Bertz CT molecular complexity index is 1390. The lowest BCUT2D eigenvalue weighted by molar-refractivity contribution is 0.204. The molecule has 1 aliphatic rings. The summed E-state index contributed by atoms with van der Waals surface area (Å²) in [7, 11) is 0. The standard InChI is InChI=1S/C31H32N4O2/c1-4-23-14-18-26(19-15-23)29-33-30(37-34-29)27-22(3)35(20-8-11-24-9-6-5-7-10-24)31(36)32-28(27)25-16-12-21(2)13-17-25/h5-7,9-10,12-19,28H,4,8,11,20H2,1-3H3,(H,32,36). The Balaban J connectivity index is 1.48. The van der Waals surface area contributed by atoms with Gasteiger partial charge in [0.15, 0.2) is 0 Å². The monoisotopic (exact) mass is 492 g/mol. The van der Waals surface area contributed by atoms with Crippen LogP contribution in [0.25, 0.3) is 17.0 Å². The van der Waals surface area contributed by atoms with Crippen LogP contribution in [0.15, 0.2) is 89.1 Å². The van der Waals surface area contributed by atoms with E-state index in [-0.39, 0.29) is 12.1 Å². The number of hydrogen-bond donors (Lipinski definition) is 1. The van der Waals surface area contributed by atoms with E-state index in [0.29, 0.717) is 18.3 Å². The van der Waals surface area contributed by atoms with E-state index in [0.717, 1.165) is 47.2 Å². The van der Waals surface area contributed by atoms with Gasteiger partial charge in [0.25, 0.3) is 5.89 Å². The fraction of sp³-hybridized carbons (Fsp3) is 0.258. The quantitative estimate of drug-likeness (QED) is 0.296. The van der Waals surface area contributed by atoms with Gasteiger partial charge in [-0.15, -0.1) is 0 Å². The molecule has 0 aliphatic carbocycles. The van der Waals surface area contributed by atoms with Crippen molar-refractivity contribution in [3.8, 4) is 11.4 Å². The highest BCUT2D eigenvalue weighted by atomic mass is 16.5. The minimum atomic E-state index is -0.380. The van der Waals surface area contributed by atoms with Crippen molar-refractivity contribution in [3.63, 3.8) is 0 Å². The second kappa shape index (κ2) is 10.8. The first-order valence-corrected chi connectivity index (χ1v) is 12.9. The number of allylic oxidation sites excluding steroid dienone is 1. The molecule has 3 aromatic carbocycles. The number of carbonyl (C=O) groups is 1. The van der Waals surface area contributed by atoms with Crippen LogP contribution in [0.5, 0.6) is 0 Å². The second-order valence-electron chi connectivity index (χ2n) is 9.51. The maximum atomic E-state index is 13.3. The highest BCUT2D eigenvalue weighted by molar-refractivity contribution is 5.86. The molecule has 1 unspecified atom stereocenters. The molecule has 2 amide bonds. The molecule has 0 bridgehead atoms. The summed E-state index contributed by atoms with van der Waals surface area (Å²) in [5.41, 5.74) is 7.21. The number of aromatic nitrogens is 2. The van der Waals surface area contributed by atoms with Gasteiger partial charge in [0.2, 0.25) is 5.82 Å². The van der Waals surface area contributed by atoms with E-state index in [1.165, 1.54) is 11.1 Å². The molecule has 0 saturated carbocycles. The minimum Gasteiger partial charge on any atom is -0.334 e. The smallest absolute Gasteiger partial charge is 0.322 e. The van der Waals surface area contributed by atoms with Crippen molar-refractivity contribution in [2.45, 2.75) is 46.1 Å². The fourth-order valence-corrected chi connectivity index (χ4v) is 4.76. The fourth-order valence-electron chi connectivity index (χ4n) is 4.76. The van der Waals surface area contributed by atoms with Gasteiger partial charge in [-0.2, -0.15) is 4.98 Å². The third-order valence-corrected chi connectivity index (χ3v) is 6.97. The molecule has 0 radical (unpaired) electrons. The van der Waals surface area contributed by atoms with E-state index in [9.17, 15) is 4.79 Å². The van der Waals surface area contributed by atoms with Crippen LogP contribution < -0.4 is 5.32 Å². The lowest BCUT2D eigenvalue weighted by Crippen LogP contribution is -2.46. The van der Waals surface area contributed by atoms with Crippen LogP contribution >= 0.6 is 0 Å². The number of amides is 2. The van der Waals surface area contributed by atoms with Crippen molar-refractivity contribution in [1.29, 1.82) is 0 Å². The molecule has 0 fully saturated rings. The number of urea groups is 1. The van der Waals surface area contributed by atoms with Gasteiger partial charge in [0.05, 0.1) is 11.6 Å². The predicted octanol–water partition coefficient (Wildman–Crippen LogP) is 6.74. The summed E-state index contributed by atoms with van der Waals surface area (Å²) < 4.78 is 5.82. The SMILES string of the molecule is CCc1ccc(-c2noc(C3=C(C)N(CCCc4ccccc4)C(=O)NC3c3ccc(C)cc3)n2)cc1. The number of carbonyl (C=O) groups excluding carboxylic acids is 1. The minimum absolute atomic E-state index is 0.116.